The molecule has 0 saturated carbocycles. The van der Waals surface area contributed by atoms with Crippen LogP contribution in [0, 0.1) is 0 Å². The van der Waals surface area contributed by atoms with Gasteiger partial charge in [0.1, 0.15) is 0 Å². The SMILES string of the molecule is CCCS(=O)(=NC(C)=O)c1ccc(N2CCC(F)(F)C2)c(-c2cc3ccccc3[nH]2)c1. The number of carbonyl (C=O) groups is 1. The van der Waals surface area contributed by atoms with Crippen molar-refractivity contribution in [1.29, 1.82) is 0 Å². The van der Waals surface area contributed by atoms with Gasteiger partial charge in [0.25, 0.3) is 11.8 Å². The standard InChI is InChI=1S/C23H25F2N3O2S/c1-3-12-31(30,27-16(2)29)18-8-9-22(28-11-10-23(24,25)15-28)19(14-18)21-13-17-6-4-5-7-20(17)26-21/h4-9,13-14,26H,3,10-12,15H2,1-2H3. The van der Waals surface area contributed by atoms with Gasteiger partial charge in [-0.05, 0) is 36.8 Å². The Bertz CT molecular complexity index is 1230. The number of rotatable bonds is 5. The molecule has 3 aromatic rings. The molecule has 2 heterocycles. The second kappa shape index (κ2) is 8.07. The van der Waals surface area contributed by atoms with E-state index in [0.29, 0.717) is 22.6 Å². The zero-order valence-corrected chi connectivity index (χ0v) is 18.3. The number of alkyl halides is 2. The lowest BCUT2D eigenvalue weighted by atomic mass is 10.1. The van der Waals surface area contributed by atoms with E-state index in [0.717, 1.165) is 16.6 Å². The summed E-state index contributed by atoms with van der Waals surface area (Å²) in [6, 6.07) is 14.8. The second-order valence-electron chi connectivity index (χ2n) is 7.93. The molecule has 1 unspecified atom stereocenters. The fourth-order valence-electron chi connectivity index (χ4n) is 4.07. The number of hydrogen-bond acceptors (Lipinski definition) is 3. The largest absolute Gasteiger partial charge is 0.365 e. The summed E-state index contributed by atoms with van der Waals surface area (Å²) in [5.74, 6) is -2.98. The van der Waals surface area contributed by atoms with Gasteiger partial charge >= 0.3 is 0 Å². The number of aromatic amines is 1. The average molecular weight is 446 g/mol. The Morgan fingerprint density at radius 2 is 2.00 bits per heavy atom. The molecule has 1 aliphatic rings. The van der Waals surface area contributed by atoms with Gasteiger partial charge in [-0.15, -0.1) is 0 Å². The minimum absolute atomic E-state index is 0.201. The molecule has 1 amide bonds. The van der Waals surface area contributed by atoms with E-state index in [1.165, 1.54) is 6.92 Å². The summed E-state index contributed by atoms with van der Waals surface area (Å²) in [5.41, 5.74) is 2.99. The number of anilines is 1. The Hall–Kier alpha value is -2.74. The average Bonchev–Trinajstić information content (AvgIpc) is 3.30. The van der Waals surface area contributed by atoms with Gasteiger partial charge in [0.15, 0.2) is 0 Å². The molecule has 4 rings (SSSR count). The van der Waals surface area contributed by atoms with Gasteiger partial charge in [0.2, 0.25) is 0 Å². The third-order valence-electron chi connectivity index (χ3n) is 5.42. The van der Waals surface area contributed by atoms with Gasteiger partial charge in [-0.1, -0.05) is 25.1 Å². The maximum Gasteiger partial charge on any atom is 0.266 e. The molecule has 1 aromatic heterocycles. The molecule has 0 aliphatic carbocycles. The maximum absolute atomic E-state index is 13.9. The maximum atomic E-state index is 13.9. The lowest BCUT2D eigenvalue weighted by Crippen LogP contribution is -2.25. The van der Waals surface area contributed by atoms with Crippen molar-refractivity contribution in [2.24, 2.45) is 4.36 Å². The number of nitrogens with one attached hydrogen (secondary N) is 1. The highest BCUT2D eigenvalue weighted by molar-refractivity contribution is 7.94. The van der Waals surface area contributed by atoms with Crippen molar-refractivity contribution in [2.75, 3.05) is 23.7 Å². The van der Waals surface area contributed by atoms with E-state index in [2.05, 4.69) is 9.35 Å². The molecular formula is C23H25F2N3O2S. The van der Waals surface area contributed by atoms with E-state index in [1.807, 2.05) is 37.3 Å². The first kappa shape index (κ1) is 21.5. The molecule has 0 radical (unpaired) electrons. The van der Waals surface area contributed by atoms with Crippen LogP contribution >= 0.6 is 0 Å². The van der Waals surface area contributed by atoms with Gasteiger partial charge < -0.3 is 9.88 Å². The fraction of sp³-hybridized carbons (Fsp3) is 0.348. The van der Waals surface area contributed by atoms with E-state index >= 15 is 0 Å². The number of fused-ring (bicyclic) bond motifs is 1. The molecule has 1 aliphatic heterocycles. The summed E-state index contributed by atoms with van der Waals surface area (Å²) < 4.78 is 45.4. The minimum atomic E-state index is -2.95. The van der Waals surface area contributed by atoms with Crippen molar-refractivity contribution in [3.8, 4) is 11.3 Å². The summed E-state index contributed by atoms with van der Waals surface area (Å²) in [6.45, 7) is 3.05. The first-order valence-corrected chi connectivity index (χ1v) is 12.0. The third-order valence-corrected chi connectivity index (χ3v) is 7.93. The monoisotopic (exact) mass is 445 g/mol. The van der Waals surface area contributed by atoms with E-state index in [-0.39, 0.29) is 25.3 Å². The third kappa shape index (κ3) is 4.35. The van der Waals surface area contributed by atoms with Crippen molar-refractivity contribution < 1.29 is 17.8 Å². The van der Waals surface area contributed by atoms with Crippen LogP contribution in [-0.2, 0) is 14.5 Å². The number of hydrogen-bond donors (Lipinski definition) is 1. The molecule has 1 saturated heterocycles. The molecule has 1 N–H and O–H groups in total. The Morgan fingerprint density at radius 1 is 1.23 bits per heavy atom. The summed E-state index contributed by atoms with van der Waals surface area (Å²) in [6.07, 6.45) is 0.393. The predicted molar refractivity (Wildman–Crippen MR) is 120 cm³/mol. The zero-order chi connectivity index (χ0) is 22.2. The molecule has 0 spiro atoms. The Balaban J connectivity index is 1.91. The van der Waals surface area contributed by atoms with Crippen LogP contribution < -0.4 is 4.90 Å². The van der Waals surface area contributed by atoms with Crippen LogP contribution in [0.3, 0.4) is 0 Å². The van der Waals surface area contributed by atoms with Crippen molar-refractivity contribution in [2.45, 2.75) is 37.5 Å². The molecular weight excluding hydrogens is 420 g/mol. The first-order valence-electron chi connectivity index (χ1n) is 10.3. The molecule has 2 aromatic carbocycles. The lowest BCUT2D eigenvalue weighted by Gasteiger charge is -2.22. The molecule has 1 atom stereocenters. The Kier molecular flexibility index (Phi) is 5.60. The molecule has 1 fully saturated rings. The predicted octanol–water partition coefficient (Wildman–Crippen LogP) is 5.46. The summed E-state index contributed by atoms with van der Waals surface area (Å²) in [4.78, 5) is 17.1. The van der Waals surface area contributed by atoms with Crippen molar-refractivity contribution >= 4 is 32.2 Å². The molecule has 0 bridgehead atoms. The quantitative estimate of drug-likeness (QED) is 0.567. The number of H-pyrrole nitrogens is 1. The number of benzene rings is 2. The number of amides is 1. The van der Waals surface area contributed by atoms with Crippen LogP contribution in [0.15, 0.2) is 57.8 Å². The number of aromatic nitrogens is 1. The second-order valence-corrected chi connectivity index (χ2v) is 10.3. The normalized spacial score (nSPS) is 17.6. The van der Waals surface area contributed by atoms with E-state index < -0.39 is 21.6 Å². The van der Waals surface area contributed by atoms with Crippen LogP contribution in [0.4, 0.5) is 14.5 Å². The molecule has 8 heteroatoms. The smallest absolute Gasteiger partial charge is 0.266 e. The number of nitrogens with zero attached hydrogens (tertiary/aromatic N) is 2. The van der Waals surface area contributed by atoms with E-state index in [1.54, 1.807) is 23.1 Å². The lowest BCUT2D eigenvalue weighted by molar-refractivity contribution is -0.115. The highest BCUT2D eigenvalue weighted by Crippen LogP contribution is 2.39. The fourth-order valence-corrected chi connectivity index (χ4v) is 6.05. The van der Waals surface area contributed by atoms with E-state index in [4.69, 9.17) is 0 Å². The van der Waals surface area contributed by atoms with Gasteiger partial charge in [-0.2, -0.15) is 4.36 Å². The summed E-state index contributed by atoms with van der Waals surface area (Å²) >= 11 is 0. The molecule has 5 nitrogen and oxygen atoms in total. The highest BCUT2D eigenvalue weighted by atomic mass is 32.2. The number of para-hydroxylation sites is 1. The topological polar surface area (TPSA) is 65.5 Å². The first-order chi connectivity index (χ1) is 14.7. The van der Waals surface area contributed by atoms with Gasteiger partial charge in [-0.3, -0.25) is 4.79 Å². The van der Waals surface area contributed by atoms with Crippen LogP contribution in [0.1, 0.15) is 26.7 Å². The Morgan fingerprint density at radius 3 is 2.65 bits per heavy atom. The van der Waals surface area contributed by atoms with Gasteiger partial charge in [0, 0.05) is 58.4 Å². The zero-order valence-electron chi connectivity index (χ0n) is 17.5. The Labute approximate surface area is 180 Å². The van der Waals surface area contributed by atoms with Crippen LogP contribution in [0.5, 0.6) is 0 Å². The summed E-state index contributed by atoms with van der Waals surface area (Å²) in [7, 11) is -2.95. The summed E-state index contributed by atoms with van der Waals surface area (Å²) in [5, 5.41) is 0.989. The van der Waals surface area contributed by atoms with Crippen LogP contribution in [0.25, 0.3) is 22.2 Å². The van der Waals surface area contributed by atoms with Gasteiger partial charge in [-0.25, -0.2) is 13.0 Å². The number of halogens is 2. The highest BCUT2D eigenvalue weighted by Gasteiger charge is 2.39. The van der Waals surface area contributed by atoms with Gasteiger partial charge in [0.05, 0.1) is 16.3 Å². The van der Waals surface area contributed by atoms with Crippen molar-refractivity contribution in [1.82, 2.24) is 4.98 Å². The van der Waals surface area contributed by atoms with Crippen molar-refractivity contribution in [3.05, 3.63) is 48.5 Å². The van der Waals surface area contributed by atoms with E-state index in [9.17, 15) is 17.8 Å². The van der Waals surface area contributed by atoms with Crippen molar-refractivity contribution in [3.63, 3.8) is 0 Å². The number of carbonyl (C=O) groups excluding carboxylic acids is 1. The molecule has 31 heavy (non-hydrogen) atoms. The van der Waals surface area contributed by atoms with Crippen LogP contribution in [-0.4, -0.2) is 39.9 Å². The molecule has 164 valence electrons. The van der Waals surface area contributed by atoms with Crippen LogP contribution in [0.2, 0.25) is 0 Å². The minimum Gasteiger partial charge on any atom is -0.365 e.